The number of sulfonamides is 1. The van der Waals surface area contributed by atoms with Crippen LogP contribution in [-0.2, 0) is 21.0 Å². The highest BCUT2D eigenvalue weighted by Crippen LogP contribution is 2.38. The van der Waals surface area contributed by atoms with Crippen molar-refractivity contribution in [3.63, 3.8) is 0 Å². The number of carbonyl (C=O) groups is 2. The van der Waals surface area contributed by atoms with Gasteiger partial charge in [0.15, 0.2) is 0 Å². The van der Waals surface area contributed by atoms with Gasteiger partial charge in [0.1, 0.15) is 0 Å². The van der Waals surface area contributed by atoms with Crippen LogP contribution in [0.3, 0.4) is 0 Å². The van der Waals surface area contributed by atoms with Gasteiger partial charge in [-0.15, -0.1) is 11.8 Å². The summed E-state index contributed by atoms with van der Waals surface area (Å²) in [6.07, 6.45) is -5.01. The third-order valence-corrected chi connectivity index (χ3v) is 7.65. The van der Waals surface area contributed by atoms with Crippen LogP contribution >= 0.6 is 11.8 Å². The number of carbonyl (C=O) groups excluding carboxylic acids is 2. The van der Waals surface area contributed by atoms with Gasteiger partial charge in [0.2, 0.25) is 5.91 Å². The highest BCUT2D eigenvalue weighted by atomic mass is 32.2. The van der Waals surface area contributed by atoms with E-state index < -0.39 is 32.6 Å². The van der Waals surface area contributed by atoms with Gasteiger partial charge in [-0.2, -0.15) is 13.2 Å². The first kappa shape index (κ1) is 24.6. The maximum Gasteiger partial charge on any atom is 0.417 e. The molecule has 0 saturated heterocycles. The van der Waals surface area contributed by atoms with E-state index in [0.717, 1.165) is 17.0 Å². The largest absolute Gasteiger partial charge is 0.417 e. The van der Waals surface area contributed by atoms with Crippen LogP contribution in [0.5, 0.6) is 0 Å². The molecule has 3 N–H and O–H groups in total. The second kappa shape index (κ2) is 9.27. The lowest BCUT2D eigenvalue weighted by molar-refractivity contribution is -0.139. The zero-order valence-electron chi connectivity index (χ0n) is 18.0. The lowest BCUT2D eigenvalue weighted by Gasteiger charge is -2.21. The van der Waals surface area contributed by atoms with Gasteiger partial charge in [-0.1, -0.05) is 18.2 Å². The first-order valence-electron chi connectivity index (χ1n) is 10.2. The summed E-state index contributed by atoms with van der Waals surface area (Å²) < 4.78 is 68.8. The van der Waals surface area contributed by atoms with Crippen molar-refractivity contribution in [2.75, 3.05) is 15.4 Å². The lowest BCUT2D eigenvalue weighted by Crippen LogP contribution is -2.26. The topological polar surface area (TPSA) is 104 Å². The number of nitrogens with one attached hydrogen (secondary N) is 3. The van der Waals surface area contributed by atoms with Crippen LogP contribution in [0.2, 0.25) is 0 Å². The highest BCUT2D eigenvalue weighted by molar-refractivity contribution is 8.01. The summed E-state index contributed by atoms with van der Waals surface area (Å²) in [5.41, 5.74) is -1.04. The smallest absolute Gasteiger partial charge is 0.324 e. The second-order valence-corrected chi connectivity index (χ2v) is 10.6. The summed E-state index contributed by atoms with van der Waals surface area (Å²) >= 11 is 1.32. The fourth-order valence-electron chi connectivity index (χ4n) is 3.33. The molecule has 1 aliphatic heterocycles. The first-order valence-corrected chi connectivity index (χ1v) is 12.5. The zero-order chi connectivity index (χ0) is 25.4. The maximum atomic E-state index is 13.8. The molecule has 0 aliphatic carbocycles. The number of anilines is 3. The monoisotopic (exact) mass is 521 g/mol. The molecule has 35 heavy (non-hydrogen) atoms. The van der Waals surface area contributed by atoms with Gasteiger partial charge >= 0.3 is 6.18 Å². The van der Waals surface area contributed by atoms with Gasteiger partial charge in [-0.05, 0) is 55.5 Å². The number of alkyl halides is 3. The molecule has 3 aromatic carbocycles. The summed E-state index contributed by atoms with van der Waals surface area (Å²) in [5.74, 6) is -0.951. The molecule has 182 valence electrons. The van der Waals surface area contributed by atoms with Gasteiger partial charge in [0, 0.05) is 21.8 Å². The molecule has 3 aromatic rings. The Bertz CT molecular complexity index is 1410. The number of hydrogen-bond acceptors (Lipinski definition) is 5. The minimum Gasteiger partial charge on any atom is -0.324 e. The summed E-state index contributed by atoms with van der Waals surface area (Å²) in [6, 6.07) is 14.5. The van der Waals surface area contributed by atoms with E-state index in [1.165, 1.54) is 48.2 Å². The number of halogens is 3. The number of para-hydroxylation sites is 1. The molecule has 0 fully saturated rings. The fourth-order valence-corrected chi connectivity index (χ4v) is 5.53. The quantitative estimate of drug-likeness (QED) is 0.429. The van der Waals surface area contributed by atoms with Crippen LogP contribution in [0.25, 0.3) is 0 Å². The molecule has 0 spiro atoms. The summed E-state index contributed by atoms with van der Waals surface area (Å²) in [7, 11) is -4.57. The number of thioether (sulfide) groups is 1. The predicted molar refractivity (Wildman–Crippen MR) is 127 cm³/mol. The van der Waals surface area contributed by atoms with Gasteiger partial charge in [-0.25, -0.2) is 8.42 Å². The summed E-state index contributed by atoms with van der Waals surface area (Å²) in [6.45, 7) is 1.74. The molecule has 0 saturated carbocycles. The van der Waals surface area contributed by atoms with E-state index in [1.807, 2.05) is 0 Å². The normalized spacial score (nSPS) is 15.7. The molecular formula is C23H18F3N3O4S2. The molecule has 1 atom stereocenters. The third kappa shape index (κ3) is 5.43. The van der Waals surface area contributed by atoms with Crippen LogP contribution in [0.15, 0.2) is 76.5 Å². The van der Waals surface area contributed by atoms with E-state index in [9.17, 15) is 31.2 Å². The Morgan fingerprint density at radius 2 is 1.71 bits per heavy atom. The number of amides is 2. The molecule has 1 heterocycles. The molecule has 0 radical (unpaired) electrons. The Kier molecular flexibility index (Phi) is 6.52. The Balaban J connectivity index is 1.61. The van der Waals surface area contributed by atoms with Crippen molar-refractivity contribution in [3.05, 3.63) is 77.9 Å². The molecule has 1 unspecified atom stereocenters. The molecule has 0 bridgehead atoms. The van der Waals surface area contributed by atoms with Crippen molar-refractivity contribution < 1.29 is 31.2 Å². The van der Waals surface area contributed by atoms with Gasteiger partial charge < -0.3 is 10.6 Å². The summed E-state index contributed by atoms with van der Waals surface area (Å²) in [5, 5.41) is 4.73. The standard InChI is InChI=1S/C23H18F3N3O4S2/c1-13-21(30)28-18-11-14(7-9-19(18)34-13)22(31)27-16-8-10-20(17(12-16)23(24,25)26)35(32,33)29-15-5-3-2-4-6-15/h2-13,29H,1H3,(H,27,31)(H,28,30). The van der Waals surface area contributed by atoms with Crippen molar-refractivity contribution in [1.82, 2.24) is 0 Å². The van der Waals surface area contributed by atoms with Gasteiger partial charge in [0.05, 0.1) is 21.4 Å². The molecule has 4 rings (SSSR count). The minimum atomic E-state index is -5.01. The lowest BCUT2D eigenvalue weighted by atomic mass is 10.1. The first-order chi connectivity index (χ1) is 16.4. The van der Waals surface area contributed by atoms with Crippen molar-refractivity contribution >= 4 is 50.7 Å². The van der Waals surface area contributed by atoms with Crippen molar-refractivity contribution in [1.29, 1.82) is 0 Å². The van der Waals surface area contributed by atoms with Crippen LogP contribution in [0, 0.1) is 0 Å². The van der Waals surface area contributed by atoms with E-state index in [-0.39, 0.29) is 28.1 Å². The van der Waals surface area contributed by atoms with Gasteiger partial charge in [0.25, 0.3) is 15.9 Å². The Hall–Kier alpha value is -3.51. The van der Waals surface area contributed by atoms with Crippen molar-refractivity contribution in [2.45, 2.75) is 28.1 Å². The van der Waals surface area contributed by atoms with Gasteiger partial charge in [-0.3, -0.25) is 14.3 Å². The molecular weight excluding hydrogens is 503 g/mol. The average Bonchev–Trinajstić information content (AvgIpc) is 2.79. The predicted octanol–water partition coefficient (Wildman–Crippen LogP) is 5.19. The molecule has 0 aromatic heterocycles. The van der Waals surface area contributed by atoms with Crippen LogP contribution in [0.4, 0.5) is 30.2 Å². The van der Waals surface area contributed by atoms with E-state index in [0.29, 0.717) is 11.8 Å². The van der Waals surface area contributed by atoms with Crippen LogP contribution < -0.4 is 15.4 Å². The van der Waals surface area contributed by atoms with E-state index in [4.69, 9.17) is 0 Å². The van der Waals surface area contributed by atoms with Crippen LogP contribution in [0.1, 0.15) is 22.8 Å². The third-order valence-electron chi connectivity index (χ3n) is 5.03. The fraction of sp³-hybridized carbons (Fsp3) is 0.130. The highest BCUT2D eigenvalue weighted by Gasteiger charge is 2.38. The zero-order valence-corrected chi connectivity index (χ0v) is 19.6. The SMILES string of the molecule is CC1Sc2ccc(C(=O)Nc3ccc(S(=O)(=O)Nc4ccccc4)c(C(F)(F)F)c3)cc2NC1=O. The number of fused-ring (bicyclic) bond motifs is 1. The van der Waals surface area contributed by atoms with Crippen LogP contribution in [-0.4, -0.2) is 25.5 Å². The Labute approximate surface area is 203 Å². The van der Waals surface area contributed by atoms with E-state index in [1.54, 1.807) is 19.1 Å². The minimum absolute atomic E-state index is 0.102. The molecule has 12 heteroatoms. The van der Waals surface area contributed by atoms with Crippen molar-refractivity contribution in [2.24, 2.45) is 0 Å². The Morgan fingerprint density at radius 3 is 2.40 bits per heavy atom. The maximum absolute atomic E-state index is 13.8. The number of benzene rings is 3. The number of rotatable bonds is 5. The Morgan fingerprint density at radius 1 is 1.00 bits per heavy atom. The second-order valence-electron chi connectivity index (χ2n) is 7.59. The summed E-state index contributed by atoms with van der Waals surface area (Å²) in [4.78, 5) is 24.4. The average molecular weight is 522 g/mol. The van der Waals surface area contributed by atoms with E-state index >= 15 is 0 Å². The number of hydrogen-bond donors (Lipinski definition) is 3. The molecule has 2 amide bonds. The van der Waals surface area contributed by atoms with Crippen molar-refractivity contribution in [3.8, 4) is 0 Å². The molecule has 7 nitrogen and oxygen atoms in total. The van der Waals surface area contributed by atoms with E-state index in [2.05, 4.69) is 15.4 Å². The molecule has 1 aliphatic rings.